The van der Waals surface area contributed by atoms with Gasteiger partial charge in [-0.1, -0.05) is 54.6 Å². The highest BCUT2D eigenvalue weighted by Crippen LogP contribution is 2.38. The van der Waals surface area contributed by atoms with E-state index < -0.39 is 5.97 Å². The van der Waals surface area contributed by atoms with Gasteiger partial charge >= 0.3 is 5.97 Å². The fourth-order valence-electron chi connectivity index (χ4n) is 4.07. The van der Waals surface area contributed by atoms with E-state index in [1.54, 1.807) is 42.5 Å². The Morgan fingerprint density at radius 3 is 2.45 bits per heavy atom. The van der Waals surface area contributed by atoms with Gasteiger partial charge in [0.05, 0.1) is 27.2 Å². The van der Waals surface area contributed by atoms with Crippen molar-refractivity contribution in [1.29, 1.82) is 0 Å². The Labute approximate surface area is 237 Å². The van der Waals surface area contributed by atoms with Crippen molar-refractivity contribution in [2.75, 3.05) is 6.61 Å². The fourth-order valence-corrected chi connectivity index (χ4v) is 5.64. The Balaban J connectivity index is 1.38. The van der Waals surface area contributed by atoms with Crippen LogP contribution in [0.5, 0.6) is 11.5 Å². The van der Waals surface area contributed by atoms with Crippen LogP contribution in [0, 0.1) is 3.57 Å². The quantitative estimate of drug-likeness (QED) is 0.0919. The maximum Gasteiger partial charge on any atom is 0.343 e. The zero-order valence-electron chi connectivity index (χ0n) is 20.3. The summed E-state index contributed by atoms with van der Waals surface area (Å²) in [6.07, 6.45) is 1.67. The molecule has 0 radical (unpaired) electrons. The van der Waals surface area contributed by atoms with E-state index in [4.69, 9.17) is 9.47 Å². The summed E-state index contributed by atoms with van der Waals surface area (Å²) in [4.78, 5) is 40.1. The molecule has 6 nitrogen and oxygen atoms in total. The lowest BCUT2D eigenvalue weighted by molar-refractivity contribution is -0.123. The molecule has 1 heterocycles. The molecule has 190 valence electrons. The molecule has 0 N–H and O–H groups in total. The van der Waals surface area contributed by atoms with E-state index in [2.05, 4.69) is 22.6 Å². The number of hydrogen-bond donors (Lipinski definition) is 0. The second-order valence-corrected chi connectivity index (χ2v) is 10.6. The van der Waals surface area contributed by atoms with E-state index in [1.807, 2.05) is 55.5 Å². The van der Waals surface area contributed by atoms with Crippen molar-refractivity contribution in [3.8, 4) is 11.5 Å². The Kier molecular flexibility index (Phi) is 7.80. The SMILES string of the molecule is CCOc1cc(/C=C2\SC(=O)N(Cc3ccc4ccccc4c3)C2=O)cc(I)c1OC(=O)c1ccccc1. The van der Waals surface area contributed by atoms with Gasteiger partial charge in [0.15, 0.2) is 11.5 Å². The zero-order chi connectivity index (χ0) is 26.6. The number of carbonyl (C=O) groups is 3. The normalized spacial score (nSPS) is 14.4. The van der Waals surface area contributed by atoms with Crippen LogP contribution in [-0.2, 0) is 11.3 Å². The van der Waals surface area contributed by atoms with E-state index in [9.17, 15) is 14.4 Å². The minimum Gasteiger partial charge on any atom is -0.490 e. The molecule has 1 aliphatic rings. The van der Waals surface area contributed by atoms with Crippen molar-refractivity contribution >= 4 is 68.3 Å². The van der Waals surface area contributed by atoms with Crippen molar-refractivity contribution < 1.29 is 23.9 Å². The molecule has 0 spiro atoms. The van der Waals surface area contributed by atoms with Gasteiger partial charge < -0.3 is 9.47 Å². The third-order valence-electron chi connectivity index (χ3n) is 5.86. The summed E-state index contributed by atoms with van der Waals surface area (Å²) in [7, 11) is 0. The van der Waals surface area contributed by atoms with E-state index in [-0.39, 0.29) is 17.7 Å². The van der Waals surface area contributed by atoms with Gasteiger partial charge in [-0.25, -0.2) is 4.79 Å². The van der Waals surface area contributed by atoms with Crippen LogP contribution < -0.4 is 9.47 Å². The van der Waals surface area contributed by atoms with Gasteiger partial charge in [0.25, 0.3) is 11.1 Å². The van der Waals surface area contributed by atoms with E-state index >= 15 is 0 Å². The molecule has 1 aliphatic heterocycles. The number of rotatable bonds is 7. The van der Waals surface area contributed by atoms with Crippen molar-refractivity contribution in [2.45, 2.75) is 13.5 Å². The summed E-state index contributed by atoms with van der Waals surface area (Å²) in [5.74, 6) is -0.152. The molecule has 0 aliphatic carbocycles. The van der Waals surface area contributed by atoms with Crippen LogP contribution in [0.4, 0.5) is 4.79 Å². The van der Waals surface area contributed by atoms with E-state index in [0.717, 1.165) is 28.1 Å². The van der Waals surface area contributed by atoms with Crippen LogP contribution in [0.1, 0.15) is 28.4 Å². The number of imide groups is 1. The van der Waals surface area contributed by atoms with Gasteiger partial charge in [-0.05, 0) is 99.6 Å². The number of benzene rings is 4. The van der Waals surface area contributed by atoms with Crippen molar-refractivity contribution in [2.24, 2.45) is 0 Å². The van der Waals surface area contributed by atoms with Crippen LogP contribution in [0.25, 0.3) is 16.8 Å². The molecule has 38 heavy (non-hydrogen) atoms. The average molecular weight is 635 g/mol. The molecule has 4 aromatic rings. The molecule has 4 aromatic carbocycles. The minimum absolute atomic E-state index is 0.197. The van der Waals surface area contributed by atoms with Crippen molar-refractivity contribution in [3.63, 3.8) is 0 Å². The number of nitrogens with zero attached hydrogens (tertiary/aromatic N) is 1. The third kappa shape index (κ3) is 5.61. The summed E-state index contributed by atoms with van der Waals surface area (Å²) in [5, 5.41) is 1.84. The number of carbonyl (C=O) groups excluding carboxylic acids is 3. The summed E-state index contributed by atoms with van der Waals surface area (Å²) in [6.45, 7) is 2.39. The van der Waals surface area contributed by atoms with Crippen molar-refractivity contribution in [3.05, 3.63) is 110 Å². The van der Waals surface area contributed by atoms with E-state index in [0.29, 0.717) is 37.7 Å². The number of esters is 1. The summed E-state index contributed by atoms with van der Waals surface area (Å²) < 4.78 is 12.1. The highest BCUT2D eigenvalue weighted by molar-refractivity contribution is 14.1. The summed E-state index contributed by atoms with van der Waals surface area (Å²) in [5.41, 5.74) is 1.97. The topological polar surface area (TPSA) is 72.9 Å². The predicted molar refractivity (Wildman–Crippen MR) is 157 cm³/mol. The molecule has 2 amide bonds. The monoisotopic (exact) mass is 635 g/mol. The predicted octanol–water partition coefficient (Wildman–Crippen LogP) is 7.30. The molecule has 0 saturated carbocycles. The van der Waals surface area contributed by atoms with Crippen LogP contribution in [-0.4, -0.2) is 28.6 Å². The number of thioether (sulfide) groups is 1. The van der Waals surface area contributed by atoms with Crippen LogP contribution in [0.3, 0.4) is 0 Å². The van der Waals surface area contributed by atoms with Crippen molar-refractivity contribution in [1.82, 2.24) is 4.90 Å². The molecule has 0 aromatic heterocycles. The molecule has 8 heteroatoms. The van der Waals surface area contributed by atoms with Gasteiger partial charge in [0.2, 0.25) is 0 Å². The maximum atomic E-state index is 13.2. The Hall–Kier alpha value is -3.63. The standard InChI is InChI=1S/C30H22INO5S/c1-2-36-25-16-20(15-24(31)27(25)37-29(34)22-9-4-3-5-10-22)17-26-28(33)32(30(35)38-26)18-19-12-13-21-8-6-7-11-23(21)14-19/h3-17H,2,18H2,1H3/b26-17-. The first-order chi connectivity index (χ1) is 18.4. The average Bonchev–Trinajstić information content (AvgIpc) is 3.18. The zero-order valence-corrected chi connectivity index (χ0v) is 23.3. The first-order valence-electron chi connectivity index (χ1n) is 11.9. The Bertz CT molecular complexity index is 1580. The number of fused-ring (bicyclic) bond motifs is 1. The minimum atomic E-state index is -0.493. The lowest BCUT2D eigenvalue weighted by Crippen LogP contribution is -2.27. The molecule has 1 saturated heterocycles. The van der Waals surface area contributed by atoms with Gasteiger partial charge in [-0.2, -0.15) is 0 Å². The van der Waals surface area contributed by atoms with Crippen LogP contribution in [0.15, 0.2) is 89.8 Å². The highest BCUT2D eigenvalue weighted by atomic mass is 127. The number of halogens is 1. The van der Waals surface area contributed by atoms with Crippen LogP contribution in [0.2, 0.25) is 0 Å². The first-order valence-corrected chi connectivity index (χ1v) is 13.8. The first kappa shape index (κ1) is 26.0. The maximum absolute atomic E-state index is 13.2. The van der Waals surface area contributed by atoms with Gasteiger partial charge in [0.1, 0.15) is 0 Å². The van der Waals surface area contributed by atoms with E-state index in [1.165, 1.54) is 4.90 Å². The lowest BCUT2D eigenvalue weighted by atomic mass is 10.1. The van der Waals surface area contributed by atoms with Gasteiger partial charge in [-0.3, -0.25) is 14.5 Å². The number of hydrogen-bond acceptors (Lipinski definition) is 6. The Morgan fingerprint density at radius 2 is 1.68 bits per heavy atom. The molecular weight excluding hydrogens is 613 g/mol. The second-order valence-electron chi connectivity index (χ2n) is 8.47. The Morgan fingerprint density at radius 1 is 0.947 bits per heavy atom. The largest absolute Gasteiger partial charge is 0.490 e. The van der Waals surface area contributed by atoms with Crippen LogP contribution >= 0.6 is 34.4 Å². The summed E-state index contributed by atoms with van der Waals surface area (Å²) in [6, 6.07) is 26.1. The second kappa shape index (κ2) is 11.4. The molecule has 0 bridgehead atoms. The molecule has 0 unspecified atom stereocenters. The van der Waals surface area contributed by atoms with Gasteiger partial charge in [0, 0.05) is 0 Å². The molecule has 5 rings (SSSR count). The fraction of sp³-hybridized carbons (Fsp3) is 0.100. The third-order valence-corrected chi connectivity index (χ3v) is 7.57. The summed E-state index contributed by atoms with van der Waals surface area (Å²) >= 11 is 2.98. The highest BCUT2D eigenvalue weighted by Gasteiger charge is 2.35. The molecule has 1 fully saturated rings. The lowest BCUT2D eigenvalue weighted by Gasteiger charge is -2.14. The van der Waals surface area contributed by atoms with Gasteiger partial charge in [-0.15, -0.1) is 0 Å². The number of ether oxygens (including phenoxy) is 2. The molecular formula is C30H22INO5S. The number of amides is 2. The smallest absolute Gasteiger partial charge is 0.343 e. The molecule has 0 atom stereocenters.